The molecule has 0 fully saturated rings. The van der Waals surface area contributed by atoms with E-state index in [1.807, 2.05) is 36.0 Å². The molecule has 25 heavy (non-hydrogen) atoms. The standard InChI is InChI=1S/C20H25NO3S/c1-15-7-4-5-8-17(15)14-25-12-11-21-20(22)16(2)24-19-10-6-9-18(13-19)23-3/h4-10,13,16H,11-12,14H2,1-3H3,(H,21,22)/t16-/m1/s1. The van der Waals surface area contributed by atoms with Gasteiger partial charge in [0, 0.05) is 24.1 Å². The molecule has 0 radical (unpaired) electrons. The normalized spacial score (nSPS) is 11.6. The number of nitrogens with one attached hydrogen (secondary N) is 1. The first-order valence-corrected chi connectivity index (χ1v) is 9.46. The number of hydrogen-bond acceptors (Lipinski definition) is 4. The van der Waals surface area contributed by atoms with Crippen LogP contribution in [0.25, 0.3) is 0 Å². The lowest BCUT2D eigenvalue weighted by Crippen LogP contribution is -2.37. The molecule has 0 spiro atoms. The third-order valence-corrected chi connectivity index (χ3v) is 4.80. The van der Waals surface area contributed by atoms with Crippen molar-refractivity contribution < 1.29 is 14.3 Å². The van der Waals surface area contributed by atoms with Gasteiger partial charge in [-0.05, 0) is 37.1 Å². The van der Waals surface area contributed by atoms with Crippen molar-refractivity contribution in [3.8, 4) is 11.5 Å². The van der Waals surface area contributed by atoms with Crippen molar-refractivity contribution >= 4 is 17.7 Å². The molecule has 0 saturated carbocycles. The van der Waals surface area contributed by atoms with Crippen molar-refractivity contribution in [1.82, 2.24) is 5.32 Å². The van der Waals surface area contributed by atoms with E-state index in [1.54, 1.807) is 20.1 Å². The Hall–Kier alpha value is -2.14. The van der Waals surface area contributed by atoms with E-state index in [0.717, 1.165) is 11.5 Å². The highest BCUT2D eigenvalue weighted by Crippen LogP contribution is 2.20. The zero-order valence-electron chi connectivity index (χ0n) is 15.0. The molecule has 2 rings (SSSR count). The van der Waals surface area contributed by atoms with E-state index in [9.17, 15) is 4.79 Å². The highest BCUT2D eigenvalue weighted by atomic mass is 32.2. The van der Waals surface area contributed by atoms with Gasteiger partial charge in [0.15, 0.2) is 6.10 Å². The molecule has 134 valence electrons. The summed E-state index contributed by atoms with van der Waals surface area (Å²) in [5.74, 6) is 3.04. The molecule has 5 heteroatoms. The molecule has 0 bridgehead atoms. The average molecular weight is 359 g/mol. The predicted octanol–water partition coefficient (Wildman–Crippen LogP) is 3.82. The quantitative estimate of drug-likeness (QED) is 0.692. The van der Waals surface area contributed by atoms with E-state index >= 15 is 0 Å². The van der Waals surface area contributed by atoms with E-state index in [1.165, 1.54) is 11.1 Å². The number of hydrogen-bond donors (Lipinski definition) is 1. The second-order valence-electron chi connectivity index (χ2n) is 5.71. The Morgan fingerprint density at radius 1 is 1.16 bits per heavy atom. The Kier molecular flexibility index (Phi) is 7.67. The summed E-state index contributed by atoms with van der Waals surface area (Å²) >= 11 is 1.81. The van der Waals surface area contributed by atoms with Crippen molar-refractivity contribution in [3.63, 3.8) is 0 Å². The smallest absolute Gasteiger partial charge is 0.260 e. The van der Waals surface area contributed by atoms with Crippen LogP contribution in [0.5, 0.6) is 11.5 Å². The molecule has 0 aliphatic rings. The number of carbonyl (C=O) groups excluding carboxylic acids is 1. The lowest BCUT2D eigenvalue weighted by Gasteiger charge is -2.15. The fourth-order valence-electron chi connectivity index (χ4n) is 2.28. The van der Waals surface area contributed by atoms with E-state index in [-0.39, 0.29) is 5.91 Å². The van der Waals surface area contributed by atoms with Crippen LogP contribution in [-0.2, 0) is 10.5 Å². The lowest BCUT2D eigenvalue weighted by atomic mass is 10.1. The van der Waals surface area contributed by atoms with Crippen LogP contribution in [0.3, 0.4) is 0 Å². The molecule has 1 atom stereocenters. The number of methoxy groups -OCH3 is 1. The predicted molar refractivity (Wildman–Crippen MR) is 103 cm³/mol. The number of carbonyl (C=O) groups is 1. The second kappa shape index (κ2) is 9.99. The van der Waals surface area contributed by atoms with Crippen LogP contribution >= 0.6 is 11.8 Å². The minimum atomic E-state index is -0.548. The Bertz CT molecular complexity index is 690. The zero-order valence-corrected chi connectivity index (χ0v) is 15.8. The van der Waals surface area contributed by atoms with E-state index in [0.29, 0.717) is 18.0 Å². The molecular formula is C20H25NO3S. The van der Waals surface area contributed by atoms with Crippen molar-refractivity contribution in [2.45, 2.75) is 25.7 Å². The molecule has 0 saturated heterocycles. The van der Waals surface area contributed by atoms with Crippen LogP contribution in [0, 0.1) is 6.92 Å². The third-order valence-electron chi connectivity index (χ3n) is 3.79. The first-order chi connectivity index (χ1) is 12.1. The fourth-order valence-corrected chi connectivity index (χ4v) is 3.21. The zero-order chi connectivity index (χ0) is 18.1. The summed E-state index contributed by atoms with van der Waals surface area (Å²) in [6.45, 7) is 4.49. The number of ether oxygens (including phenoxy) is 2. The Morgan fingerprint density at radius 2 is 1.92 bits per heavy atom. The molecule has 2 aromatic rings. The van der Waals surface area contributed by atoms with Gasteiger partial charge in [0.25, 0.3) is 5.91 Å². The van der Waals surface area contributed by atoms with Gasteiger partial charge in [0.05, 0.1) is 7.11 Å². The van der Waals surface area contributed by atoms with Crippen LogP contribution in [-0.4, -0.2) is 31.4 Å². The van der Waals surface area contributed by atoms with Gasteiger partial charge in [-0.1, -0.05) is 30.3 Å². The maximum absolute atomic E-state index is 12.1. The maximum Gasteiger partial charge on any atom is 0.260 e. The molecular weight excluding hydrogens is 334 g/mol. The van der Waals surface area contributed by atoms with E-state index in [2.05, 4.69) is 30.4 Å². The fraction of sp³-hybridized carbons (Fsp3) is 0.350. The summed E-state index contributed by atoms with van der Waals surface area (Å²) in [5, 5.41) is 2.92. The van der Waals surface area contributed by atoms with Crippen LogP contribution < -0.4 is 14.8 Å². The first-order valence-electron chi connectivity index (χ1n) is 8.31. The largest absolute Gasteiger partial charge is 0.497 e. The van der Waals surface area contributed by atoms with E-state index in [4.69, 9.17) is 9.47 Å². The average Bonchev–Trinajstić information content (AvgIpc) is 2.62. The summed E-state index contributed by atoms with van der Waals surface area (Å²) < 4.78 is 10.8. The molecule has 0 aromatic heterocycles. The van der Waals surface area contributed by atoms with Crippen LogP contribution in [0.4, 0.5) is 0 Å². The summed E-state index contributed by atoms with van der Waals surface area (Å²) in [6, 6.07) is 15.6. The number of aryl methyl sites for hydroxylation is 1. The van der Waals surface area contributed by atoms with Gasteiger partial charge >= 0.3 is 0 Å². The van der Waals surface area contributed by atoms with Crippen molar-refractivity contribution in [2.75, 3.05) is 19.4 Å². The summed E-state index contributed by atoms with van der Waals surface area (Å²) in [7, 11) is 1.60. The number of amides is 1. The van der Waals surface area contributed by atoms with Gasteiger partial charge in [-0.25, -0.2) is 0 Å². The van der Waals surface area contributed by atoms with Crippen molar-refractivity contribution in [3.05, 3.63) is 59.7 Å². The third kappa shape index (κ3) is 6.35. The minimum absolute atomic E-state index is 0.112. The molecule has 0 aliphatic carbocycles. The Labute approximate surface area is 153 Å². The topological polar surface area (TPSA) is 47.6 Å². The molecule has 1 N–H and O–H groups in total. The van der Waals surface area contributed by atoms with Crippen molar-refractivity contribution in [2.24, 2.45) is 0 Å². The van der Waals surface area contributed by atoms with Crippen LogP contribution in [0.2, 0.25) is 0 Å². The van der Waals surface area contributed by atoms with Crippen LogP contribution in [0.15, 0.2) is 48.5 Å². The highest BCUT2D eigenvalue weighted by molar-refractivity contribution is 7.98. The lowest BCUT2D eigenvalue weighted by molar-refractivity contribution is -0.127. The molecule has 0 heterocycles. The molecule has 2 aromatic carbocycles. The van der Waals surface area contributed by atoms with Gasteiger partial charge < -0.3 is 14.8 Å². The summed E-state index contributed by atoms with van der Waals surface area (Å²) in [5.41, 5.74) is 2.65. The van der Waals surface area contributed by atoms with Gasteiger partial charge in [0.2, 0.25) is 0 Å². The van der Waals surface area contributed by atoms with Crippen LogP contribution in [0.1, 0.15) is 18.1 Å². The van der Waals surface area contributed by atoms with Gasteiger partial charge in [0.1, 0.15) is 11.5 Å². The molecule has 0 unspecified atom stereocenters. The van der Waals surface area contributed by atoms with E-state index < -0.39 is 6.10 Å². The minimum Gasteiger partial charge on any atom is -0.497 e. The highest BCUT2D eigenvalue weighted by Gasteiger charge is 2.14. The molecule has 4 nitrogen and oxygen atoms in total. The number of rotatable bonds is 9. The number of benzene rings is 2. The van der Waals surface area contributed by atoms with Crippen molar-refractivity contribution in [1.29, 1.82) is 0 Å². The summed E-state index contributed by atoms with van der Waals surface area (Å²) in [6.07, 6.45) is -0.548. The maximum atomic E-state index is 12.1. The monoisotopic (exact) mass is 359 g/mol. The Balaban J connectivity index is 1.68. The van der Waals surface area contributed by atoms with Gasteiger partial charge in [-0.15, -0.1) is 0 Å². The SMILES string of the molecule is COc1cccc(O[C@H](C)C(=O)NCCSCc2ccccc2C)c1. The number of thioether (sulfide) groups is 1. The van der Waals surface area contributed by atoms with Gasteiger partial charge in [-0.3, -0.25) is 4.79 Å². The Morgan fingerprint density at radius 3 is 2.68 bits per heavy atom. The van der Waals surface area contributed by atoms with Gasteiger partial charge in [-0.2, -0.15) is 11.8 Å². The summed E-state index contributed by atoms with van der Waals surface area (Å²) in [4.78, 5) is 12.1. The molecule has 1 amide bonds. The molecule has 0 aliphatic heterocycles. The first kappa shape index (κ1) is 19.2. The second-order valence-corrected chi connectivity index (χ2v) is 6.81.